The quantitative estimate of drug-likeness (QED) is 0.729. The fraction of sp³-hybridized carbons (Fsp3) is 0.235. The fourth-order valence-electron chi connectivity index (χ4n) is 2.01. The summed E-state index contributed by atoms with van der Waals surface area (Å²) in [6, 6.07) is 6.41. The zero-order valence-electron chi connectivity index (χ0n) is 14.0. The molecule has 2 aromatic rings. The second kappa shape index (κ2) is 9.12. The summed E-state index contributed by atoms with van der Waals surface area (Å²) < 4.78 is 17.0. The van der Waals surface area contributed by atoms with Crippen LogP contribution in [0, 0.1) is 6.92 Å². The van der Waals surface area contributed by atoms with E-state index in [2.05, 4.69) is 10.3 Å². The van der Waals surface area contributed by atoms with Crippen molar-refractivity contribution in [3.63, 3.8) is 0 Å². The molecule has 0 aliphatic heterocycles. The molecule has 26 heavy (non-hydrogen) atoms. The first kappa shape index (κ1) is 20.4. The number of carbonyl (C=O) groups is 2. The number of pyridine rings is 1. The molecule has 0 fully saturated rings. The van der Waals surface area contributed by atoms with Crippen molar-refractivity contribution in [3.8, 4) is 0 Å². The molecule has 2 rings (SSSR count). The monoisotopic (exact) mass is 414 g/mol. The average Bonchev–Trinajstić information content (AvgIpc) is 2.66. The van der Waals surface area contributed by atoms with Crippen LogP contribution in [-0.2, 0) is 20.3 Å². The summed E-state index contributed by atoms with van der Waals surface area (Å²) in [5.74, 6) is -0.847. The number of anilines is 1. The molecule has 0 saturated carbocycles. The first-order valence-corrected chi connectivity index (χ1v) is 9.67. The van der Waals surface area contributed by atoms with Crippen molar-refractivity contribution >= 4 is 51.7 Å². The maximum absolute atomic E-state index is 12.2. The van der Waals surface area contributed by atoms with Gasteiger partial charge in [0, 0.05) is 11.9 Å². The largest absolute Gasteiger partial charge is 0.452 e. The molecular formula is C17H16Cl2N2O4S. The van der Waals surface area contributed by atoms with E-state index in [1.807, 2.05) is 0 Å². The Morgan fingerprint density at radius 1 is 1.27 bits per heavy atom. The van der Waals surface area contributed by atoms with Crippen molar-refractivity contribution in [1.82, 2.24) is 4.98 Å². The van der Waals surface area contributed by atoms with Crippen molar-refractivity contribution in [3.05, 3.63) is 51.6 Å². The predicted octanol–water partition coefficient (Wildman–Crippen LogP) is 3.62. The van der Waals surface area contributed by atoms with E-state index in [1.54, 1.807) is 32.0 Å². The molecule has 0 spiro atoms. The Hall–Kier alpha value is -1.96. The molecule has 6 nitrogen and oxygen atoms in total. The Morgan fingerprint density at radius 3 is 2.65 bits per heavy atom. The summed E-state index contributed by atoms with van der Waals surface area (Å²) in [6.07, 6.45) is 1.36. The third kappa shape index (κ3) is 4.81. The highest BCUT2D eigenvalue weighted by atomic mass is 35.5. The Labute approximate surface area is 163 Å². The van der Waals surface area contributed by atoms with Gasteiger partial charge < -0.3 is 10.1 Å². The number of esters is 1. The zero-order valence-corrected chi connectivity index (χ0v) is 16.4. The minimum absolute atomic E-state index is 0.127. The van der Waals surface area contributed by atoms with Gasteiger partial charge in [0.1, 0.15) is 0 Å². The molecule has 1 atom stereocenters. The van der Waals surface area contributed by atoms with Gasteiger partial charge in [-0.3, -0.25) is 9.00 Å². The van der Waals surface area contributed by atoms with Crippen LogP contribution in [0.4, 0.5) is 5.82 Å². The molecule has 9 heteroatoms. The summed E-state index contributed by atoms with van der Waals surface area (Å²) in [6.45, 7) is 2.90. The molecule has 0 saturated heterocycles. The van der Waals surface area contributed by atoms with Gasteiger partial charge >= 0.3 is 5.97 Å². The third-order valence-electron chi connectivity index (χ3n) is 3.41. The van der Waals surface area contributed by atoms with Gasteiger partial charge in [-0.25, -0.2) is 9.78 Å². The molecule has 1 aromatic carbocycles. The summed E-state index contributed by atoms with van der Waals surface area (Å²) in [5.41, 5.74) is 0.741. The zero-order chi connectivity index (χ0) is 19.3. The normalized spacial score (nSPS) is 11.7. The van der Waals surface area contributed by atoms with Crippen LogP contribution in [0.1, 0.15) is 22.8 Å². The van der Waals surface area contributed by atoms with E-state index in [0.29, 0.717) is 21.2 Å². The SMILES string of the molecule is CCS(=O)c1ccccc1C(=O)OCC(=O)Nc1ncc(Cl)c(C)c1Cl. The second-order valence-electron chi connectivity index (χ2n) is 5.15. The van der Waals surface area contributed by atoms with Gasteiger partial charge in [-0.05, 0) is 24.6 Å². The van der Waals surface area contributed by atoms with Gasteiger partial charge in [0.25, 0.3) is 5.91 Å². The van der Waals surface area contributed by atoms with E-state index >= 15 is 0 Å². The third-order valence-corrected chi connectivity index (χ3v) is 5.62. The Morgan fingerprint density at radius 2 is 1.96 bits per heavy atom. The van der Waals surface area contributed by atoms with Gasteiger partial charge in [0.05, 0.1) is 31.3 Å². The van der Waals surface area contributed by atoms with Crippen molar-refractivity contribution in [2.75, 3.05) is 17.7 Å². The van der Waals surface area contributed by atoms with Gasteiger partial charge in [-0.2, -0.15) is 0 Å². The number of hydrogen-bond donors (Lipinski definition) is 1. The lowest BCUT2D eigenvalue weighted by molar-refractivity contribution is -0.119. The van der Waals surface area contributed by atoms with Crippen molar-refractivity contribution in [2.45, 2.75) is 18.7 Å². The number of amides is 1. The van der Waals surface area contributed by atoms with Gasteiger partial charge in [-0.1, -0.05) is 42.3 Å². The molecule has 1 unspecified atom stereocenters. The number of halogens is 2. The molecule has 0 aliphatic rings. The molecule has 1 aromatic heterocycles. The average molecular weight is 415 g/mol. The number of benzene rings is 1. The summed E-state index contributed by atoms with van der Waals surface area (Å²) in [7, 11) is -1.32. The van der Waals surface area contributed by atoms with Crippen LogP contribution in [0.3, 0.4) is 0 Å². The molecule has 1 heterocycles. The summed E-state index contributed by atoms with van der Waals surface area (Å²) in [4.78, 5) is 28.5. The van der Waals surface area contributed by atoms with E-state index in [1.165, 1.54) is 12.3 Å². The number of hydrogen-bond acceptors (Lipinski definition) is 5. The lowest BCUT2D eigenvalue weighted by atomic mass is 10.2. The van der Waals surface area contributed by atoms with Crippen LogP contribution in [0.5, 0.6) is 0 Å². The number of carbonyl (C=O) groups excluding carboxylic acids is 2. The standard InChI is InChI=1S/C17H16Cl2N2O4S/c1-3-26(24)13-7-5-4-6-11(13)17(23)25-9-14(22)21-16-15(19)10(2)12(18)8-20-16/h4-8H,3,9H2,1-2H3,(H,20,21,22). The lowest BCUT2D eigenvalue weighted by Gasteiger charge is -2.10. The van der Waals surface area contributed by atoms with E-state index < -0.39 is 29.3 Å². The highest BCUT2D eigenvalue weighted by Crippen LogP contribution is 2.28. The highest BCUT2D eigenvalue weighted by Gasteiger charge is 2.18. The number of nitrogens with zero attached hydrogens (tertiary/aromatic N) is 1. The topological polar surface area (TPSA) is 85.4 Å². The van der Waals surface area contributed by atoms with E-state index in [9.17, 15) is 13.8 Å². The Kier molecular flexibility index (Phi) is 7.14. The van der Waals surface area contributed by atoms with Crippen LogP contribution in [0.25, 0.3) is 0 Å². The minimum atomic E-state index is -1.32. The summed E-state index contributed by atoms with van der Waals surface area (Å²) in [5, 5.41) is 3.04. The van der Waals surface area contributed by atoms with Crippen LogP contribution in [0.15, 0.2) is 35.4 Å². The van der Waals surface area contributed by atoms with Crippen LogP contribution in [0.2, 0.25) is 10.0 Å². The van der Waals surface area contributed by atoms with Crippen LogP contribution >= 0.6 is 23.2 Å². The van der Waals surface area contributed by atoms with Gasteiger partial charge in [0.2, 0.25) is 0 Å². The first-order chi connectivity index (χ1) is 12.3. The van der Waals surface area contributed by atoms with Crippen LogP contribution < -0.4 is 5.32 Å². The smallest absolute Gasteiger partial charge is 0.339 e. The van der Waals surface area contributed by atoms with E-state index in [4.69, 9.17) is 27.9 Å². The minimum Gasteiger partial charge on any atom is -0.452 e. The van der Waals surface area contributed by atoms with Crippen LogP contribution in [-0.4, -0.2) is 33.4 Å². The van der Waals surface area contributed by atoms with E-state index in [-0.39, 0.29) is 16.4 Å². The molecule has 0 aliphatic carbocycles. The maximum atomic E-state index is 12.2. The van der Waals surface area contributed by atoms with Crippen molar-refractivity contribution < 1.29 is 18.5 Å². The highest BCUT2D eigenvalue weighted by molar-refractivity contribution is 7.85. The Balaban J connectivity index is 2.03. The van der Waals surface area contributed by atoms with E-state index in [0.717, 1.165) is 0 Å². The first-order valence-electron chi connectivity index (χ1n) is 7.60. The van der Waals surface area contributed by atoms with Gasteiger partial charge in [-0.15, -0.1) is 0 Å². The molecule has 0 radical (unpaired) electrons. The lowest BCUT2D eigenvalue weighted by Crippen LogP contribution is -2.22. The molecule has 0 bridgehead atoms. The molecular weight excluding hydrogens is 399 g/mol. The number of nitrogens with one attached hydrogen (secondary N) is 1. The molecule has 1 amide bonds. The predicted molar refractivity (Wildman–Crippen MR) is 101 cm³/mol. The second-order valence-corrected chi connectivity index (χ2v) is 7.64. The summed E-state index contributed by atoms with van der Waals surface area (Å²) >= 11 is 12.0. The van der Waals surface area contributed by atoms with Gasteiger partial charge in [0.15, 0.2) is 12.4 Å². The molecule has 1 N–H and O–H groups in total. The van der Waals surface area contributed by atoms with Crippen molar-refractivity contribution in [1.29, 1.82) is 0 Å². The number of rotatable bonds is 6. The number of aromatic nitrogens is 1. The number of ether oxygens (including phenoxy) is 1. The fourth-order valence-corrected chi connectivity index (χ4v) is 3.34. The van der Waals surface area contributed by atoms with Crippen molar-refractivity contribution in [2.24, 2.45) is 0 Å². The Bertz CT molecular complexity index is 874. The molecule has 138 valence electrons. The maximum Gasteiger partial charge on any atom is 0.339 e.